The average molecular weight is 697 g/mol. The van der Waals surface area contributed by atoms with Crippen molar-refractivity contribution in [1.82, 2.24) is 4.90 Å². The Hall–Kier alpha value is -5.86. The lowest BCUT2D eigenvalue weighted by Crippen LogP contribution is -2.20. The molecule has 0 heterocycles. The third kappa shape index (κ3) is 11.8. The van der Waals surface area contributed by atoms with Gasteiger partial charge in [0, 0.05) is 35.0 Å². The monoisotopic (exact) mass is 696 g/mol. The fourth-order valence-electron chi connectivity index (χ4n) is 6.15. The van der Waals surface area contributed by atoms with Crippen molar-refractivity contribution in [2.24, 2.45) is 0 Å². The maximum atomic E-state index is 4.03. The van der Waals surface area contributed by atoms with E-state index in [1.165, 1.54) is 33.4 Å². The van der Waals surface area contributed by atoms with E-state index >= 15 is 0 Å². The second-order valence-corrected chi connectivity index (χ2v) is 12.8. The minimum Gasteiger partial charge on any atom is -0.342 e. The van der Waals surface area contributed by atoms with Crippen LogP contribution < -0.4 is 4.90 Å². The highest BCUT2D eigenvalue weighted by atomic mass is 15.1. The van der Waals surface area contributed by atoms with E-state index < -0.39 is 0 Å². The number of anilines is 2. The van der Waals surface area contributed by atoms with Gasteiger partial charge in [-0.1, -0.05) is 140 Å². The maximum absolute atomic E-state index is 4.03. The maximum Gasteiger partial charge on any atom is 0.0461 e. The summed E-state index contributed by atoms with van der Waals surface area (Å²) in [6.45, 7) is 17.4. The quantitative estimate of drug-likeness (QED) is 0.0801. The molecule has 0 amide bonds. The van der Waals surface area contributed by atoms with Crippen molar-refractivity contribution in [2.45, 2.75) is 54.4 Å². The van der Waals surface area contributed by atoms with Crippen LogP contribution in [-0.2, 0) is 6.42 Å². The van der Waals surface area contributed by atoms with Crippen molar-refractivity contribution in [3.8, 4) is 11.1 Å². The SMILES string of the molecule is C=CCN(/C(C)=C/C=C(\C)c1ccc(N(C(/C=C\Cc2ccccc2)=C/C)c2ccc(-c3ccccc3)cc2)cc1)C(/C=C\CC(/C=C\C)=C/C)=C/C. The number of rotatable bonds is 17. The van der Waals surface area contributed by atoms with Crippen LogP contribution >= 0.6 is 0 Å². The molecule has 4 aromatic carbocycles. The molecule has 4 aromatic rings. The first-order valence-electron chi connectivity index (χ1n) is 18.7. The van der Waals surface area contributed by atoms with E-state index in [4.69, 9.17) is 0 Å². The summed E-state index contributed by atoms with van der Waals surface area (Å²) < 4.78 is 0. The summed E-state index contributed by atoms with van der Waals surface area (Å²) in [7, 11) is 0. The fourth-order valence-corrected chi connectivity index (χ4v) is 6.15. The van der Waals surface area contributed by atoms with Crippen LogP contribution in [0.5, 0.6) is 0 Å². The summed E-state index contributed by atoms with van der Waals surface area (Å²) in [5, 5.41) is 0. The molecule has 0 atom stereocenters. The molecule has 0 fully saturated rings. The van der Waals surface area contributed by atoms with Gasteiger partial charge in [0.1, 0.15) is 0 Å². The molecule has 0 aromatic heterocycles. The van der Waals surface area contributed by atoms with Gasteiger partial charge in [0.05, 0.1) is 0 Å². The Kier molecular flexibility index (Phi) is 16.2. The predicted molar refractivity (Wildman–Crippen MR) is 234 cm³/mol. The molecule has 53 heavy (non-hydrogen) atoms. The van der Waals surface area contributed by atoms with Crippen LogP contribution in [0.1, 0.15) is 59.1 Å². The van der Waals surface area contributed by atoms with Crippen LogP contribution in [0, 0.1) is 0 Å². The molecule has 0 saturated carbocycles. The molecule has 2 heteroatoms. The van der Waals surface area contributed by atoms with E-state index in [9.17, 15) is 0 Å². The van der Waals surface area contributed by atoms with Gasteiger partial charge in [-0.25, -0.2) is 0 Å². The Balaban J connectivity index is 1.60. The fraction of sp³-hybridized carbons (Fsp3) is 0.176. The molecule has 0 saturated heterocycles. The molecule has 2 nitrogen and oxygen atoms in total. The molecular formula is C51H56N2. The molecule has 0 spiro atoms. The lowest BCUT2D eigenvalue weighted by atomic mass is 10.0. The zero-order chi connectivity index (χ0) is 37.8. The predicted octanol–water partition coefficient (Wildman–Crippen LogP) is 14.4. The van der Waals surface area contributed by atoms with E-state index in [1.54, 1.807) is 0 Å². The molecular weight excluding hydrogens is 641 g/mol. The summed E-state index contributed by atoms with van der Waals surface area (Å²) in [5.74, 6) is 0. The molecule has 0 bridgehead atoms. The van der Waals surface area contributed by atoms with E-state index in [1.807, 2.05) is 6.08 Å². The highest BCUT2D eigenvalue weighted by Crippen LogP contribution is 2.33. The summed E-state index contributed by atoms with van der Waals surface area (Å²) in [6, 6.07) is 38.9. The molecule has 270 valence electrons. The first-order chi connectivity index (χ1) is 25.9. The van der Waals surface area contributed by atoms with Crippen molar-refractivity contribution >= 4 is 16.9 Å². The van der Waals surface area contributed by atoms with Crippen molar-refractivity contribution in [1.29, 1.82) is 0 Å². The Labute approximate surface area is 320 Å². The van der Waals surface area contributed by atoms with E-state index in [2.05, 4.69) is 234 Å². The first-order valence-corrected chi connectivity index (χ1v) is 18.7. The smallest absolute Gasteiger partial charge is 0.0461 e. The van der Waals surface area contributed by atoms with Crippen LogP contribution in [0.25, 0.3) is 16.7 Å². The van der Waals surface area contributed by atoms with E-state index in [0.29, 0.717) is 0 Å². The van der Waals surface area contributed by atoms with Crippen molar-refractivity contribution < 1.29 is 0 Å². The van der Waals surface area contributed by atoms with Crippen molar-refractivity contribution in [3.05, 3.63) is 222 Å². The Morgan fingerprint density at radius 2 is 1.19 bits per heavy atom. The molecule has 4 rings (SSSR count). The number of nitrogens with zero attached hydrogens (tertiary/aromatic N) is 2. The molecule has 0 radical (unpaired) electrons. The van der Waals surface area contributed by atoms with Crippen molar-refractivity contribution in [3.63, 3.8) is 0 Å². The van der Waals surface area contributed by atoms with Gasteiger partial charge >= 0.3 is 0 Å². The minimum absolute atomic E-state index is 0.731. The van der Waals surface area contributed by atoms with Crippen LogP contribution in [0.2, 0.25) is 0 Å². The van der Waals surface area contributed by atoms with Gasteiger partial charge in [0.15, 0.2) is 0 Å². The summed E-state index contributed by atoms with van der Waals surface area (Å²) in [5.41, 5.74) is 13.0. The van der Waals surface area contributed by atoms with Crippen molar-refractivity contribution in [2.75, 3.05) is 11.4 Å². The van der Waals surface area contributed by atoms with Gasteiger partial charge in [0.25, 0.3) is 0 Å². The number of benzene rings is 4. The number of hydrogen-bond acceptors (Lipinski definition) is 2. The van der Waals surface area contributed by atoms with Gasteiger partial charge in [-0.15, -0.1) is 6.58 Å². The lowest BCUT2D eigenvalue weighted by Gasteiger charge is -2.27. The largest absolute Gasteiger partial charge is 0.342 e. The summed E-state index contributed by atoms with van der Waals surface area (Å²) in [4.78, 5) is 4.63. The Morgan fingerprint density at radius 3 is 1.77 bits per heavy atom. The third-order valence-electron chi connectivity index (χ3n) is 9.17. The standard InChI is InChI=1S/C51H56N2/c1-8-21-43(10-3)24-19-28-48(11-4)52(40-9-2)42(7)31-30-41(6)45-32-36-50(37-33-45)53(49(12-5)29-20-25-44-22-15-13-16-23-44)51-38-34-47(35-39-51)46-26-17-14-18-27-46/h8-23,26-39H,2,24-25,40H2,1,3-7H3/b21-8-,28-19-,29-20-,41-30+,42-31+,43-10+,48-11+,49-12+. The van der Waals surface area contributed by atoms with Gasteiger partial charge in [-0.3, -0.25) is 0 Å². The second-order valence-electron chi connectivity index (χ2n) is 12.8. The van der Waals surface area contributed by atoms with Gasteiger partial charge in [0.2, 0.25) is 0 Å². The van der Waals surface area contributed by atoms with Gasteiger partial charge < -0.3 is 9.80 Å². The summed E-state index contributed by atoms with van der Waals surface area (Å²) in [6.07, 6.45) is 27.8. The molecule has 0 unspecified atom stereocenters. The Bertz CT molecular complexity index is 1980. The molecule has 0 aliphatic heterocycles. The molecule has 0 aliphatic rings. The summed E-state index contributed by atoms with van der Waals surface area (Å²) >= 11 is 0. The third-order valence-corrected chi connectivity index (χ3v) is 9.17. The van der Waals surface area contributed by atoms with Crippen LogP contribution in [0.4, 0.5) is 11.4 Å². The molecule has 0 N–H and O–H groups in total. The topological polar surface area (TPSA) is 6.48 Å². The number of allylic oxidation sites excluding steroid dienone is 14. The van der Waals surface area contributed by atoms with Crippen LogP contribution in [0.3, 0.4) is 0 Å². The van der Waals surface area contributed by atoms with Crippen LogP contribution in [0.15, 0.2) is 211 Å². The van der Waals surface area contributed by atoms with E-state index in [-0.39, 0.29) is 0 Å². The zero-order valence-corrected chi connectivity index (χ0v) is 32.5. The van der Waals surface area contributed by atoms with E-state index in [0.717, 1.165) is 47.9 Å². The highest BCUT2D eigenvalue weighted by Gasteiger charge is 2.14. The normalized spacial score (nSPS) is 13.4. The second kappa shape index (κ2) is 21.5. The minimum atomic E-state index is 0.731. The van der Waals surface area contributed by atoms with Crippen LogP contribution in [-0.4, -0.2) is 11.4 Å². The highest BCUT2D eigenvalue weighted by molar-refractivity contribution is 5.75. The van der Waals surface area contributed by atoms with Gasteiger partial charge in [-0.05, 0) is 130 Å². The Morgan fingerprint density at radius 1 is 0.604 bits per heavy atom. The zero-order valence-electron chi connectivity index (χ0n) is 32.5. The molecule has 0 aliphatic carbocycles. The lowest BCUT2D eigenvalue weighted by molar-refractivity contribution is 0.488. The number of hydrogen-bond donors (Lipinski definition) is 0. The van der Waals surface area contributed by atoms with Gasteiger partial charge in [-0.2, -0.15) is 0 Å². The first kappa shape index (κ1) is 39.9. The average Bonchev–Trinajstić information content (AvgIpc) is 3.21.